The molecule has 2 amide bonds. The summed E-state index contributed by atoms with van der Waals surface area (Å²) < 4.78 is 4.82. The molecule has 0 heterocycles. The Morgan fingerprint density at radius 3 is 2.50 bits per heavy atom. The van der Waals surface area contributed by atoms with Crippen LogP contribution in [0.3, 0.4) is 0 Å². The Morgan fingerprint density at radius 1 is 1.25 bits per heavy atom. The van der Waals surface area contributed by atoms with Crippen LogP contribution in [0.1, 0.15) is 6.42 Å². The Labute approximate surface area is 96.3 Å². The second kappa shape index (κ2) is 9.11. The van der Waals surface area contributed by atoms with Crippen LogP contribution in [0.4, 0.5) is 0 Å². The van der Waals surface area contributed by atoms with Crippen molar-refractivity contribution in [2.24, 2.45) is 0 Å². The van der Waals surface area contributed by atoms with Crippen LogP contribution in [-0.4, -0.2) is 64.2 Å². The lowest BCUT2D eigenvalue weighted by molar-refractivity contribution is -0.128. The van der Waals surface area contributed by atoms with Crippen LogP contribution >= 0.6 is 0 Å². The maximum Gasteiger partial charge on any atom is 0.233 e. The molecule has 0 radical (unpaired) electrons. The maximum absolute atomic E-state index is 11.2. The van der Waals surface area contributed by atoms with Gasteiger partial charge < -0.3 is 20.3 Å². The van der Waals surface area contributed by atoms with Crippen LogP contribution in [0.15, 0.2) is 0 Å². The number of ether oxygens (including phenoxy) is 1. The topological polar surface area (TPSA) is 70.7 Å². The van der Waals surface area contributed by atoms with Crippen molar-refractivity contribution in [3.05, 3.63) is 0 Å². The van der Waals surface area contributed by atoms with E-state index in [1.807, 2.05) is 0 Å². The van der Waals surface area contributed by atoms with Crippen molar-refractivity contribution < 1.29 is 14.3 Å². The van der Waals surface area contributed by atoms with Crippen LogP contribution in [0.5, 0.6) is 0 Å². The highest BCUT2D eigenvalue weighted by atomic mass is 16.5. The summed E-state index contributed by atoms with van der Waals surface area (Å²) in [6.45, 7) is 1.84. The van der Waals surface area contributed by atoms with Crippen LogP contribution in [0, 0.1) is 0 Å². The summed E-state index contributed by atoms with van der Waals surface area (Å²) in [5.74, 6) is -0.102. The van der Waals surface area contributed by atoms with Gasteiger partial charge in [0.25, 0.3) is 0 Å². The molecule has 0 aliphatic carbocycles. The minimum atomic E-state index is -0.109. The predicted molar refractivity (Wildman–Crippen MR) is 61.1 cm³/mol. The van der Waals surface area contributed by atoms with E-state index in [-0.39, 0.29) is 18.4 Å². The summed E-state index contributed by atoms with van der Waals surface area (Å²) >= 11 is 0. The van der Waals surface area contributed by atoms with Crippen molar-refractivity contribution in [3.8, 4) is 0 Å². The first kappa shape index (κ1) is 14.9. The molecule has 0 aromatic carbocycles. The van der Waals surface area contributed by atoms with Crippen molar-refractivity contribution in [2.45, 2.75) is 6.42 Å². The molecule has 0 bridgehead atoms. The second-order valence-corrected chi connectivity index (χ2v) is 3.56. The predicted octanol–water partition coefficient (Wildman–Crippen LogP) is -1.18. The van der Waals surface area contributed by atoms with Gasteiger partial charge in [-0.25, -0.2) is 0 Å². The van der Waals surface area contributed by atoms with Crippen LogP contribution in [0.25, 0.3) is 0 Å². The molecule has 16 heavy (non-hydrogen) atoms. The van der Waals surface area contributed by atoms with E-state index in [4.69, 9.17) is 4.74 Å². The molecule has 0 aliphatic rings. The van der Waals surface area contributed by atoms with E-state index >= 15 is 0 Å². The summed E-state index contributed by atoms with van der Waals surface area (Å²) in [5, 5.41) is 5.57. The lowest BCUT2D eigenvalue weighted by atomic mass is 10.4. The lowest BCUT2D eigenvalue weighted by Gasteiger charge is -2.10. The van der Waals surface area contributed by atoms with Crippen LogP contribution in [-0.2, 0) is 14.3 Å². The van der Waals surface area contributed by atoms with Crippen LogP contribution in [0.2, 0.25) is 0 Å². The van der Waals surface area contributed by atoms with Crippen molar-refractivity contribution >= 4 is 11.8 Å². The van der Waals surface area contributed by atoms with Gasteiger partial charge in [-0.2, -0.15) is 0 Å². The molecule has 0 aliphatic heterocycles. The maximum atomic E-state index is 11.2. The van der Waals surface area contributed by atoms with E-state index in [0.717, 1.165) is 0 Å². The zero-order valence-electron chi connectivity index (χ0n) is 10.2. The van der Waals surface area contributed by atoms with Crippen molar-refractivity contribution in [3.63, 3.8) is 0 Å². The minimum Gasteiger partial charge on any atom is -0.383 e. The smallest absolute Gasteiger partial charge is 0.233 e. The van der Waals surface area contributed by atoms with Gasteiger partial charge >= 0.3 is 0 Å². The Balaban J connectivity index is 3.40. The number of carbonyl (C=O) groups is 2. The van der Waals surface area contributed by atoms with E-state index in [9.17, 15) is 9.59 Å². The van der Waals surface area contributed by atoms with Gasteiger partial charge in [0.15, 0.2) is 0 Å². The fourth-order valence-corrected chi connectivity index (χ4v) is 0.971. The molecule has 0 rings (SSSR count). The van der Waals surface area contributed by atoms with Gasteiger partial charge in [-0.05, 0) is 0 Å². The van der Waals surface area contributed by atoms with E-state index in [0.29, 0.717) is 26.1 Å². The van der Waals surface area contributed by atoms with Gasteiger partial charge in [0.2, 0.25) is 11.8 Å². The summed E-state index contributed by atoms with van der Waals surface area (Å²) in [7, 11) is 4.99. The molecule has 94 valence electrons. The highest BCUT2D eigenvalue weighted by molar-refractivity contribution is 5.79. The van der Waals surface area contributed by atoms with Gasteiger partial charge in [-0.1, -0.05) is 0 Å². The fourth-order valence-electron chi connectivity index (χ4n) is 0.971. The van der Waals surface area contributed by atoms with Crippen molar-refractivity contribution in [2.75, 3.05) is 47.4 Å². The number of hydrogen-bond acceptors (Lipinski definition) is 4. The van der Waals surface area contributed by atoms with E-state index in [2.05, 4.69) is 10.6 Å². The highest BCUT2D eigenvalue weighted by Crippen LogP contribution is 1.84. The number of nitrogens with one attached hydrogen (secondary N) is 2. The monoisotopic (exact) mass is 231 g/mol. The Kier molecular flexibility index (Phi) is 8.46. The molecule has 0 aromatic rings. The Morgan fingerprint density at radius 2 is 1.94 bits per heavy atom. The van der Waals surface area contributed by atoms with E-state index in [1.54, 1.807) is 21.2 Å². The molecule has 0 spiro atoms. The number of carbonyl (C=O) groups excluding carboxylic acids is 2. The van der Waals surface area contributed by atoms with Gasteiger partial charge in [0, 0.05) is 40.7 Å². The number of nitrogens with zero attached hydrogens (tertiary/aromatic N) is 1. The molecule has 6 nitrogen and oxygen atoms in total. The zero-order valence-corrected chi connectivity index (χ0v) is 10.2. The largest absolute Gasteiger partial charge is 0.383 e. The molecule has 0 aromatic heterocycles. The number of rotatable bonds is 8. The van der Waals surface area contributed by atoms with Crippen molar-refractivity contribution in [1.82, 2.24) is 15.5 Å². The van der Waals surface area contributed by atoms with Gasteiger partial charge in [0.05, 0.1) is 13.2 Å². The first-order valence-corrected chi connectivity index (χ1v) is 5.24. The fraction of sp³-hybridized carbons (Fsp3) is 0.800. The van der Waals surface area contributed by atoms with Gasteiger partial charge in [-0.3, -0.25) is 9.59 Å². The average Bonchev–Trinajstić information content (AvgIpc) is 2.24. The van der Waals surface area contributed by atoms with Gasteiger partial charge in [0.1, 0.15) is 0 Å². The summed E-state index contributed by atoms with van der Waals surface area (Å²) in [6, 6.07) is 0. The zero-order chi connectivity index (χ0) is 12.4. The Bertz CT molecular complexity index is 219. The lowest BCUT2D eigenvalue weighted by Crippen LogP contribution is -2.37. The van der Waals surface area contributed by atoms with E-state index < -0.39 is 0 Å². The quantitative estimate of drug-likeness (QED) is 0.516. The molecule has 0 fully saturated rings. The number of methoxy groups -OCH3 is 1. The molecular weight excluding hydrogens is 210 g/mol. The first-order valence-electron chi connectivity index (χ1n) is 5.24. The Hall–Kier alpha value is -1.14. The summed E-state index contributed by atoms with van der Waals surface area (Å²) in [6.07, 6.45) is 0.330. The second-order valence-electron chi connectivity index (χ2n) is 3.56. The average molecular weight is 231 g/mol. The highest BCUT2D eigenvalue weighted by Gasteiger charge is 2.04. The molecule has 2 N–H and O–H groups in total. The molecule has 0 unspecified atom stereocenters. The molecule has 0 saturated carbocycles. The third-order valence-corrected chi connectivity index (χ3v) is 1.93. The van der Waals surface area contributed by atoms with Crippen LogP contribution < -0.4 is 10.6 Å². The molecule has 0 saturated heterocycles. The molecular formula is C10H21N3O3. The SMILES string of the molecule is COCCNCC(=O)NCCC(=O)N(C)C. The molecule has 0 atom stereocenters. The van der Waals surface area contributed by atoms with Crippen molar-refractivity contribution in [1.29, 1.82) is 0 Å². The van der Waals surface area contributed by atoms with Gasteiger partial charge in [-0.15, -0.1) is 0 Å². The first-order chi connectivity index (χ1) is 7.57. The summed E-state index contributed by atoms with van der Waals surface area (Å²) in [5.41, 5.74) is 0. The minimum absolute atomic E-state index is 0.00708. The summed E-state index contributed by atoms with van der Waals surface area (Å²) in [4.78, 5) is 23.9. The third kappa shape index (κ3) is 8.19. The standard InChI is InChI=1S/C10H21N3O3/c1-13(2)10(15)4-5-12-9(14)8-11-6-7-16-3/h11H,4-8H2,1-3H3,(H,12,14). The molecule has 6 heteroatoms. The number of amides is 2. The van der Waals surface area contributed by atoms with E-state index in [1.165, 1.54) is 4.90 Å². The normalized spacial score (nSPS) is 9.94. The third-order valence-electron chi connectivity index (χ3n) is 1.93. The number of hydrogen-bond donors (Lipinski definition) is 2.